The third-order valence-electron chi connectivity index (χ3n) is 2.19. The maximum Gasteiger partial charge on any atom is 0.269 e. The molecule has 1 aromatic carbocycles. The van der Waals surface area contributed by atoms with Crippen LogP contribution in [-0.4, -0.2) is 17.8 Å². The SMILES string of the molecule is Cc1ccc(C(=O)NNC(=O)CCC(=O)[O-])cc1. The number of hydrazine groups is 1. The summed E-state index contributed by atoms with van der Waals surface area (Å²) in [5.41, 5.74) is 5.73. The molecule has 0 aliphatic carbocycles. The monoisotopic (exact) mass is 249 g/mol. The Labute approximate surface area is 104 Å². The average Bonchev–Trinajstić information content (AvgIpc) is 2.34. The zero-order valence-corrected chi connectivity index (χ0v) is 9.86. The second-order valence-electron chi connectivity index (χ2n) is 3.74. The van der Waals surface area contributed by atoms with Crippen molar-refractivity contribution in [2.45, 2.75) is 19.8 Å². The van der Waals surface area contributed by atoms with Gasteiger partial charge in [0, 0.05) is 18.0 Å². The first-order valence-corrected chi connectivity index (χ1v) is 5.34. The number of hydrogen-bond acceptors (Lipinski definition) is 4. The van der Waals surface area contributed by atoms with Gasteiger partial charge in [-0.1, -0.05) is 17.7 Å². The number of aliphatic carboxylic acids is 1. The predicted octanol–water partition coefficient (Wildman–Crippen LogP) is -0.714. The Morgan fingerprint density at radius 3 is 2.22 bits per heavy atom. The molecule has 0 aliphatic rings. The highest BCUT2D eigenvalue weighted by Gasteiger charge is 2.06. The van der Waals surface area contributed by atoms with Gasteiger partial charge in [-0.25, -0.2) is 0 Å². The second kappa shape index (κ2) is 6.39. The molecule has 0 bridgehead atoms. The molecule has 2 amide bonds. The number of rotatable bonds is 4. The zero-order valence-electron chi connectivity index (χ0n) is 9.86. The van der Waals surface area contributed by atoms with E-state index in [2.05, 4.69) is 10.9 Å². The highest BCUT2D eigenvalue weighted by molar-refractivity contribution is 5.95. The van der Waals surface area contributed by atoms with E-state index in [0.717, 1.165) is 5.56 Å². The first kappa shape index (κ1) is 13.7. The molecule has 0 unspecified atom stereocenters. The van der Waals surface area contributed by atoms with Crippen LogP contribution in [0.1, 0.15) is 28.8 Å². The lowest BCUT2D eigenvalue weighted by Gasteiger charge is -2.07. The molecule has 0 saturated carbocycles. The predicted molar refractivity (Wildman–Crippen MR) is 61.0 cm³/mol. The molecule has 0 spiro atoms. The fourth-order valence-electron chi connectivity index (χ4n) is 1.18. The summed E-state index contributed by atoms with van der Waals surface area (Å²) < 4.78 is 0. The molecule has 0 heterocycles. The Balaban J connectivity index is 2.39. The topological polar surface area (TPSA) is 98.3 Å². The quantitative estimate of drug-likeness (QED) is 0.688. The van der Waals surface area contributed by atoms with Crippen molar-refractivity contribution < 1.29 is 19.5 Å². The molecular weight excluding hydrogens is 236 g/mol. The van der Waals surface area contributed by atoms with Crippen LogP contribution in [0.3, 0.4) is 0 Å². The lowest BCUT2D eigenvalue weighted by Crippen LogP contribution is -2.42. The van der Waals surface area contributed by atoms with E-state index in [1.165, 1.54) is 0 Å². The van der Waals surface area contributed by atoms with E-state index >= 15 is 0 Å². The van der Waals surface area contributed by atoms with Crippen molar-refractivity contribution in [3.8, 4) is 0 Å². The molecule has 0 saturated heterocycles. The molecule has 2 N–H and O–H groups in total. The van der Waals surface area contributed by atoms with Crippen molar-refractivity contribution in [1.82, 2.24) is 10.9 Å². The van der Waals surface area contributed by atoms with Gasteiger partial charge in [-0.15, -0.1) is 0 Å². The van der Waals surface area contributed by atoms with Crippen LogP contribution in [0.15, 0.2) is 24.3 Å². The van der Waals surface area contributed by atoms with Crippen molar-refractivity contribution in [1.29, 1.82) is 0 Å². The summed E-state index contributed by atoms with van der Waals surface area (Å²) >= 11 is 0. The fraction of sp³-hybridized carbons (Fsp3) is 0.250. The Bertz CT molecular complexity index is 454. The summed E-state index contributed by atoms with van der Waals surface area (Å²) in [5.74, 6) is -2.36. The van der Waals surface area contributed by atoms with E-state index in [9.17, 15) is 19.5 Å². The minimum atomic E-state index is -1.31. The van der Waals surface area contributed by atoms with Gasteiger partial charge in [0.15, 0.2) is 0 Å². The number of benzene rings is 1. The zero-order chi connectivity index (χ0) is 13.5. The van der Waals surface area contributed by atoms with Gasteiger partial charge in [0.1, 0.15) is 0 Å². The number of carbonyl (C=O) groups is 3. The van der Waals surface area contributed by atoms with Gasteiger partial charge < -0.3 is 9.90 Å². The normalized spacial score (nSPS) is 9.61. The van der Waals surface area contributed by atoms with Crippen LogP contribution in [0.4, 0.5) is 0 Å². The van der Waals surface area contributed by atoms with Crippen molar-refractivity contribution in [3.05, 3.63) is 35.4 Å². The smallest absolute Gasteiger partial charge is 0.269 e. The van der Waals surface area contributed by atoms with Crippen LogP contribution >= 0.6 is 0 Å². The average molecular weight is 249 g/mol. The van der Waals surface area contributed by atoms with Gasteiger partial charge in [-0.2, -0.15) is 0 Å². The molecule has 6 heteroatoms. The maximum absolute atomic E-state index is 11.5. The summed E-state index contributed by atoms with van der Waals surface area (Å²) in [4.78, 5) is 32.8. The van der Waals surface area contributed by atoms with E-state index in [-0.39, 0.29) is 12.8 Å². The molecule has 18 heavy (non-hydrogen) atoms. The van der Waals surface area contributed by atoms with E-state index in [1.807, 2.05) is 6.92 Å². The van der Waals surface area contributed by atoms with Crippen LogP contribution in [0.5, 0.6) is 0 Å². The lowest BCUT2D eigenvalue weighted by atomic mass is 10.1. The maximum atomic E-state index is 11.5. The largest absolute Gasteiger partial charge is 0.550 e. The van der Waals surface area contributed by atoms with Gasteiger partial charge >= 0.3 is 0 Å². The lowest BCUT2D eigenvalue weighted by molar-refractivity contribution is -0.305. The van der Waals surface area contributed by atoms with Gasteiger partial charge in [0.25, 0.3) is 5.91 Å². The Morgan fingerprint density at radius 2 is 1.67 bits per heavy atom. The van der Waals surface area contributed by atoms with Crippen molar-refractivity contribution in [2.75, 3.05) is 0 Å². The number of hydrogen-bond donors (Lipinski definition) is 2. The summed E-state index contributed by atoms with van der Waals surface area (Å²) in [7, 11) is 0. The minimum Gasteiger partial charge on any atom is -0.550 e. The van der Waals surface area contributed by atoms with Crippen molar-refractivity contribution in [3.63, 3.8) is 0 Å². The number of nitrogens with one attached hydrogen (secondary N) is 2. The first-order chi connectivity index (χ1) is 8.49. The summed E-state index contributed by atoms with van der Waals surface area (Å²) in [6.07, 6.45) is -0.622. The fourth-order valence-corrected chi connectivity index (χ4v) is 1.18. The van der Waals surface area contributed by atoms with E-state index in [4.69, 9.17) is 0 Å². The van der Waals surface area contributed by atoms with Gasteiger partial charge in [0.2, 0.25) is 5.91 Å². The number of aryl methyl sites for hydroxylation is 1. The summed E-state index contributed by atoms with van der Waals surface area (Å²) in [6, 6.07) is 6.79. The van der Waals surface area contributed by atoms with Crippen LogP contribution in [0.25, 0.3) is 0 Å². The molecule has 1 aromatic rings. The standard InChI is InChI=1S/C12H14N2O4/c1-8-2-4-9(5-3-8)12(18)14-13-10(15)6-7-11(16)17/h2-5H,6-7H2,1H3,(H,13,15)(H,14,18)(H,16,17)/p-1. The van der Waals surface area contributed by atoms with Crippen LogP contribution in [0, 0.1) is 6.92 Å². The minimum absolute atomic E-state index is 0.240. The van der Waals surface area contributed by atoms with Crippen LogP contribution in [0.2, 0.25) is 0 Å². The number of carbonyl (C=O) groups excluding carboxylic acids is 3. The van der Waals surface area contributed by atoms with Crippen LogP contribution in [-0.2, 0) is 9.59 Å². The molecule has 1 rings (SSSR count). The summed E-state index contributed by atoms with van der Waals surface area (Å²) in [5, 5.41) is 10.1. The molecule has 0 fully saturated rings. The van der Waals surface area contributed by atoms with Gasteiger partial charge in [-0.05, 0) is 25.5 Å². The Morgan fingerprint density at radius 1 is 1.06 bits per heavy atom. The Kier molecular flexibility index (Phi) is 4.86. The molecule has 0 atom stereocenters. The van der Waals surface area contributed by atoms with Crippen molar-refractivity contribution in [2.24, 2.45) is 0 Å². The summed E-state index contributed by atoms with van der Waals surface area (Å²) in [6.45, 7) is 1.89. The van der Waals surface area contributed by atoms with E-state index in [1.54, 1.807) is 24.3 Å². The van der Waals surface area contributed by atoms with Gasteiger partial charge in [-0.3, -0.25) is 20.4 Å². The molecule has 0 aromatic heterocycles. The second-order valence-corrected chi connectivity index (χ2v) is 3.74. The molecule has 0 aliphatic heterocycles. The molecule has 6 nitrogen and oxygen atoms in total. The van der Waals surface area contributed by atoms with Gasteiger partial charge in [0.05, 0.1) is 0 Å². The number of amides is 2. The number of carboxylic acid groups (broad SMARTS) is 1. The third-order valence-corrected chi connectivity index (χ3v) is 2.19. The van der Waals surface area contributed by atoms with E-state index in [0.29, 0.717) is 5.56 Å². The molecular formula is C12H13N2O4-. The highest BCUT2D eigenvalue weighted by atomic mass is 16.4. The molecule has 0 radical (unpaired) electrons. The highest BCUT2D eigenvalue weighted by Crippen LogP contribution is 2.02. The third kappa shape index (κ3) is 4.65. The van der Waals surface area contributed by atoms with Crippen molar-refractivity contribution >= 4 is 17.8 Å². The first-order valence-electron chi connectivity index (χ1n) is 5.34. The number of carboxylic acids is 1. The molecule has 96 valence electrons. The van der Waals surface area contributed by atoms with E-state index < -0.39 is 17.8 Å². The van der Waals surface area contributed by atoms with Crippen LogP contribution < -0.4 is 16.0 Å². The Hall–Kier alpha value is -2.37.